The van der Waals surface area contributed by atoms with Gasteiger partial charge in [0.25, 0.3) is 0 Å². The van der Waals surface area contributed by atoms with Crippen LogP contribution in [0.4, 0.5) is 0 Å². The standard InChI is InChI=1S/C16H19NOS/c1-2-14(16-4-3-9-19-16)17-11-12-5-6-15-13(10-12)7-8-18-15/h3-6,9-10,14,17H,2,7-8,11H2,1H3. The zero-order valence-electron chi connectivity index (χ0n) is 11.2. The third-order valence-electron chi connectivity index (χ3n) is 3.60. The van der Waals surface area contributed by atoms with Crippen LogP contribution in [0.15, 0.2) is 35.7 Å². The van der Waals surface area contributed by atoms with Crippen LogP contribution in [-0.4, -0.2) is 6.61 Å². The summed E-state index contributed by atoms with van der Waals surface area (Å²) in [5.74, 6) is 1.06. The fourth-order valence-electron chi connectivity index (χ4n) is 2.53. The van der Waals surface area contributed by atoms with Crippen molar-refractivity contribution < 1.29 is 4.74 Å². The Morgan fingerprint density at radius 3 is 3.11 bits per heavy atom. The highest BCUT2D eigenvalue weighted by Crippen LogP contribution is 2.27. The maximum atomic E-state index is 5.54. The number of fused-ring (bicyclic) bond motifs is 1. The number of nitrogens with one attached hydrogen (secondary N) is 1. The fourth-order valence-corrected chi connectivity index (χ4v) is 3.41. The van der Waals surface area contributed by atoms with Gasteiger partial charge in [-0.25, -0.2) is 0 Å². The second-order valence-corrected chi connectivity index (χ2v) is 5.88. The van der Waals surface area contributed by atoms with E-state index in [9.17, 15) is 0 Å². The minimum atomic E-state index is 0.463. The molecule has 1 aliphatic heterocycles. The van der Waals surface area contributed by atoms with E-state index in [1.54, 1.807) is 0 Å². The molecular formula is C16H19NOS. The summed E-state index contributed by atoms with van der Waals surface area (Å²) in [5.41, 5.74) is 2.70. The first-order chi connectivity index (χ1) is 9.36. The molecule has 0 bridgehead atoms. The number of hydrogen-bond donors (Lipinski definition) is 1. The maximum Gasteiger partial charge on any atom is 0.122 e. The van der Waals surface area contributed by atoms with E-state index < -0.39 is 0 Å². The molecule has 0 fully saturated rings. The topological polar surface area (TPSA) is 21.3 Å². The summed E-state index contributed by atoms with van der Waals surface area (Å²) in [6, 6.07) is 11.3. The van der Waals surface area contributed by atoms with Crippen LogP contribution in [0.5, 0.6) is 5.75 Å². The minimum absolute atomic E-state index is 0.463. The molecule has 100 valence electrons. The molecule has 1 atom stereocenters. The van der Waals surface area contributed by atoms with Crippen LogP contribution >= 0.6 is 11.3 Å². The molecule has 1 N–H and O–H groups in total. The van der Waals surface area contributed by atoms with Crippen LogP contribution < -0.4 is 10.1 Å². The van der Waals surface area contributed by atoms with Crippen molar-refractivity contribution >= 4 is 11.3 Å². The van der Waals surface area contributed by atoms with Crippen LogP contribution in [0.3, 0.4) is 0 Å². The molecule has 1 aromatic carbocycles. The van der Waals surface area contributed by atoms with Gasteiger partial charge >= 0.3 is 0 Å². The Labute approximate surface area is 118 Å². The van der Waals surface area contributed by atoms with Gasteiger partial charge in [0.05, 0.1) is 6.61 Å². The summed E-state index contributed by atoms with van der Waals surface area (Å²) in [4.78, 5) is 1.42. The smallest absolute Gasteiger partial charge is 0.122 e. The lowest BCUT2D eigenvalue weighted by molar-refractivity contribution is 0.357. The van der Waals surface area contributed by atoms with Gasteiger partial charge in [0.2, 0.25) is 0 Å². The van der Waals surface area contributed by atoms with Crippen LogP contribution in [0.1, 0.15) is 35.4 Å². The number of rotatable bonds is 5. The van der Waals surface area contributed by atoms with Crippen molar-refractivity contribution in [1.82, 2.24) is 5.32 Å². The average molecular weight is 273 g/mol. The summed E-state index contributed by atoms with van der Waals surface area (Å²) in [6.45, 7) is 3.98. The van der Waals surface area contributed by atoms with E-state index >= 15 is 0 Å². The lowest BCUT2D eigenvalue weighted by atomic mass is 10.1. The molecule has 1 unspecified atom stereocenters. The molecule has 0 amide bonds. The minimum Gasteiger partial charge on any atom is -0.493 e. The fraction of sp³-hybridized carbons (Fsp3) is 0.375. The molecule has 3 heteroatoms. The number of benzene rings is 1. The first-order valence-electron chi connectivity index (χ1n) is 6.88. The Bertz CT molecular complexity index is 536. The van der Waals surface area contributed by atoms with Crippen molar-refractivity contribution in [2.24, 2.45) is 0 Å². The van der Waals surface area contributed by atoms with Gasteiger partial charge in [-0.1, -0.05) is 25.1 Å². The van der Waals surface area contributed by atoms with Gasteiger partial charge < -0.3 is 10.1 Å². The number of thiophene rings is 1. The second-order valence-electron chi connectivity index (χ2n) is 4.90. The van der Waals surface area contributed by atoms with Crippen LogP contribution in [-0.2, 0) is 13.0 Å². The molecule has 1 aliphatic rings. The summed E-state index contributed by atoms with van der Waals surface area (Å²) in [5, 5.41) is 5.79. The third-order valence-corrected chi connectivity index (χ3v) is 4.59. The first kappa shape index (κ1) is 12.7. The summed E-state index contributed by atoms with van der Waals surface area (Å²) >= 11 is 1.83. The highest BCUT2D eigenvalue weighted by Gasteiger charge is 2.13. The third kappa shape index (κ3) is 2.82. The van der Waals surface area contributed by atoms with Crippen molar-refractivity contribution in [2.75, 3.05) is 6.61 Å². The van der Waals surface area contributed by atoms with Crippen molar-refractivity contribution in [3.8, 4) is 5.75 Å². The van der Waals surface area contributed by atoms with Gasteiger partial charge in [0.1, 0.15) is 5.75 Å². The Morgan fingerprint density at radius 1 is 1.37 bits per heavy atom. The van der Waals surface area contributed by atoms with Gasteiger partial charge in [-0.15, -0.1) is 11.3 Å². The molecule has 1 aromatic heterocycles. The van der Waals surface area contributed by atoms with Crippen molar-refractivity contribution in [3.05, 3.63) is 51.7 Å². The van der Waals surface area contributed by atoms with Crippen LogP contribution in [0.2, 0.25) is 0 Å². The molecular weight excluding hydrogens is 254 g/mol. The molecule has 3 rings (SSSR count). The highest BCUT2D eigenvalue weighted by atomic mass is 32.1. The van der Waals surface area contributed by atoms with Gasteiger partial charge in [-0.2, -0.15) is 0 Å². The molecule has 0 radical (unpaired) electrons. The summed E-state index contributed by atoms with van der Waals surface area (Å²) in [7, 11) is 0. The van der Waals surface area contributed by atoms with Crippen LogP contribution in [0.25, 0.3) is 0 Å². The summed E-state index contributed by atoms with van der Waals surface area (Å²) in [6.07, 6.45) is 2.17. The Kier molecular flexibility index (Phi) is 3.85. The van der Waals surface area contributed by atoms with E-state index in [1.807, 2.05) is 11.3 Å². The van der Waals surface area contributed by atoms with Crippen molar-refractivity contribution in [2.45, 2.75) is 32.4 Å². The van der Waals surface area contributed by atoms with E-state index in [2.05, 4.69) is 48.0 Å². The predicted octanol–water partition coefficient (Wildman–Crippen LogP) is 3.92. The highest BCUT2D eigenvalue weighted by molar-refractivity contribution is 7.10. The molecule has 2 aromatic rings. The van der Waals surface area contributed by atoms with Gasteiger partial charge in [0, 0.05) is 23.9 Å². The van der Waals surface area contributed by atoms with Gasteiger partial charge in [-0.05, 0) is 35.1 Å². The molecule has 2 nitrogen and oxygen atoms in total. The molecule has 0 saturated heterocycles. The Morgan fingerprint density at radius 2 is 2.32 bits per heavy atom. The Hall–Kier alpha value is -1.32. The van der Waals surface area contributed by atoms with E-state index in [0.29, 0.717) is 6.04 Å². The zero-order valence-corrected chi connectivity index (χ0v) is 12.0. The average Bonchev–Trinajstić information content (AvgIpc) is 3.10. The monoisotopic (exact) mass is 273 g/mol. The quantitative estimate of drug-likeness (QED) is 0.891. The van der Waals surface area contributed by atoms with Gasteiger partial charge in [0.15, 0.2) is 0 Å². The molecule has 0 saturated carbocycles. The second kappa shape index (κ2) is 5.76. The molecule has 0 aliphatic carbocycles. The molecule has 19 heavy (non-hydrogen) atoms. The van der Waals surface area contributed by atoms with Gasteiger partial charge in [-0.3, -0.25) is 0 Å². The van der Waals surface area contributed by atoms with E-state index in [4.69, 9.17) is 4.74 Å². The first-order valence-corrected chi connectivity index (χ1v) is 7.76. The lowest BCUT2D eigenvalue weighted by Crippen LogP contribution is -2.19. The maximum absolute atomic E-state index is 5.54. The number of ether oxygens (including phenoxy) is 1. The Balaban J connectivity index is 1.65. The van der Waals surface area contributed by atoms with Crippen molar-refractivity contribution in [3.63, 3.8) is 0 Å². The SMILES string of the molecule is CCC(NCc1ccc2c(c1)CCO2)c1cccs1. The molecule has 2 heterocycles. The largest absolute Gasteiger partial charge is 0.493 e. The summed E-state index contributed by atoms with van der Waals surface area (Å²) < 4.78 is 5.54. The lowest BCUT2D eigenvalue weighted by Gasteiger charge is -2.15. The predicted molar refractivity (Wildman–Crippen MR) is 79.8 cm³/mol. The molecule has 0 spiro atoms. The van der Waals surface area contributed by atoms with Crippen LogP contribution in [0, 0.1) is 0 Å². The zero-order chi connectivity index (χ0) is 13.1. The normalized spacial score (nSPS) is 15.0. The van der Waals surface area contributed by atoms with E-state index in [1.165, 1.54) is 16.0 Å². The van der Waals surface area contributed by atoms with E-state index in [0.717, 1.165) is 31.7 Å². The number of hydrogen-bond acceptors (Lipinski definition) is 3. The van der Waals surface area contributed by atoms with E-state index in [-0.39, 0.29) is 0 Å². The van der Waals surface area contributed by atoms with Crippen molar-refractivity contribution in [1.29, 1.82) is 0 Å².